The Morgan fingerprint density at radius 2 is 1.57 bits per heavy atom. The fraction of sp³-hybridized carbons (Fsp3) is 0.370. The van der Waals surface area contributed by atoms with Gasteiger partial charge in [-0.3, -0.25) is 9.59 Å². The minimum absolute atomic E-state index is 0.0158. The molecule has 0 radical (unpaired) electrons. The first-order valence-corrected chi connectivity index (χ1v) is 11.3. The summed E-state index contributed by atoms with van der Waals surface area (Å²) in [5.74, 6) is 0.338. The van der Waals surface area contributed by atoms with Gasteiger partial charge in [0.1, 0.15) is 17.3 Å². The highest BCUT2D eigenvalue weighted by Gasteiger charge is 2.31. The van der Waals surface area contributed by atoms with E-state index in [1.807, 2.05) is 52.0 Å². The molecule has 1 N–H and O–H groups in total. The summed E-state index contributed by atoms with van der Waals surface area (Å²) in [4.78, 5) is 32.9. The molecule has 35 heavy (non-hydrogen) atoms. The number of Topliss-reactive ketones (excluding diaryl/α,β-unsaturated/α-hetero) is 1. The maximum atomic E-state index is 13.2. The number of alkyl halides is 3. The van der Waals surface area contributed by atoms with E-state index in [1.54, 1.807) is 7.11 Å². The standard InChI is InChI=1S/C27H29F3N2O3/c1-16(2)21(17-6-8-19(9-7-17)27(28,29)30)14-23(33)22-15-24(34)32-25(31-22)26(3,4)18-10-12-20(35-5)13-11-18/h6-13,15-16,21H,14H2,1-5H3,(H,31,32,34)/t21-/m1/s1. The predicted octanol–water partition coefficient (Wildman–Crippen LogP) is 6.14. The summed E-state index contributed by atoms with van der Waals surface area (Å²) >= 11 is 0. The third-order valence-electron chi connectivity index (χ3n) is 6.31. The third kappa shape index (κ3) is 5.99. The van der Waals surface area contributed by atoms with Gasteiger partial charge in [-0.25, -0.2) is 4.98 Å². The number of carbonyl (C=O) groups is 1. The van der Waals surface area contributed by atoms with Crippen molar-refractivity contribution in [2.45, 2.75) is 51.6 Å². The van der Waals surface area contributed by atoms with Crippen LogP contribution in [0.25, 0.3) is 0 Å². The molecule has 0 aliphatic carbocycles. The number of nitrogens with zero attached hydrogens (tertiary/aromatic N) is 1. The number of aromatic nitrogens is 2. The van der Waals surface area contributed by atoms with Crippen molar-refractivity contribution in [2.24, 2.45) is 5.92 Å². The van der Waals surface area contributed by atoms with Crippen LogP contribution in [0.1, 0.15) is 73.0 Å². The lowest BCUT2D eigenvalue weighted by atomic mass is 9.82. The number of aromatic amines is 1. The average molecular weight is 487 g/mol. The highest BCUT2D eigenvalue weighted by molar-refractivity contribution is 5.94. The van der Waals surface area contributed by atoms with Gasteiger partial charge in [0, 0.05) is 17.9 Å². The maximum absolute atomic E-state index is 13.2. The van der Waals surface area contributed by atoms with E-state index in [4.69, 9.17) is 4.74 Å². The van der Waals surface area contributed by atoms with Crippen molar-refractivity contribution in [1.29, 1.82) is 0 Å². The molecule has 3 rings (SSSR count). The number of hydrogen-bond donors (Lipinski definition) is 1. The lowest BCUT2D eigenvalue weighted by Gasteiger charge is -2.25. The Hall–Kier alpha value is -3.42. The Kier molecular flexibility index (Phi) is 7.53. The van der Waals surface area contributed by atoms with Crippen LogP contribution < -0.4 is 10.3 Å². The molecule has 3 aromatic rings. The molecular weight excluding hydrogens is 457 g/mol. The Bertz CT molecular complexity index is 1230. The van der Waals surface area contributed by atoms with Crippen LogP contribution in [0, 0.1) is 5.92 Å². The molecule has 186 valence electrons. The molecule has 0 fully saturated rings. The highest BCUT2D eigenvalue weighted by Crippen LogP contribution is 2.34. The summed E-state index contributed by atoms with van der Waals surface area (Å²) < 4.78 is 44.0. The number of methoxy groups -OCH3 is 1. The van der Waals surface area contributed by atoms with Crippen LogP contribution in [0.3, 0.4) is 0 Å². The Balaban J connectivity index is 1.90. The van der Waals surface area contributed by atoms with Crippen molar-refractivity contribution in [3.05, 3.63) is 93.2 Å². The second-order valence-corrected chi connectivity index (χ2v) is 9.43. The molecule has 1 atom stereocenters. The quantitative estimate of drug-likeness (QED) is 0.389. The smallest absolute Gasteiger partial charge is 0.416 e. The monoisotopic (exact) mass is 486 g/mol. The lowest BCUT2D eigenvalue weighted by Crippen LogP contribution is -2.28. The number of rotatable bonds is 8. The summed E-state index contributed by atoms with van der Waals surface area (Å²) in [6.45, 7) is 7.58. The van der Waals surface area contributed by atoms with E-state index in [-0.39, 0.29) is 29.7 Å². The molecule has 1 heterocycles. The molecule has 2 aromatic carbocycles. The molecule has 0 unspecified atom stereocenters. The van der Waals surface area contributed by atoms with Gasteiger partial charge in [0.05, 0.1) is 12.7 Å². The van der Waals surface area contributed by atoms with Crippen LogP contribution in [-0.2, 0) is 11.6 Å². The number of H-pyrrole nitrogens is 1. The number of hydrogen-bond acceptors (Lipinski definition) is 4. The summed E-state index contributed by atoms with van der Waals surface area (Å²) in [6, 6.07) is 13.4. The van der Waals surface area contributed by atoms with Crippen molar-refractivity contribution < 1.29 is 22.7 Å². The van der Waals surface area contributed by atoms with Gasteiger partial charge >= 0.3 is 6.18 Å². The Morgan fingerprint density at radius 1 is 1.00 bits per heavy atom. The fourth-order valence-corrected chi connectivity index (χ4v) is 4.00. The molecule has 5 nitrogen and oxygen atoms in total. The topological polar surface area (TPSA) is 72.0 Å². The minimum atomic E-state index is -4.43. The van der Waals surface area contributed by atoms with Gasteiger partial charge in [-0.15, -0.1) is 0 Å². The lowest BCUT2D eigenvalue weighted by molar-refractivity contribution is -0.137. The highest BCUT2D eigenvalue weighted by atomic mass is 19.4. The van der Waals surface area contributed by atoms with Gasteiger partial charge in [-0.1, -0.05) is 38.1 Å². The van der Waals surface area contributed by atoms with E-state index in [2.05, 4.69) is 9.97 Å². The number of carbonyl (C=O) groups excluding carboxylic acids is 1. The number of halogens is 3. The van der Waals surface area contributed by atoms with E-state index < -0.39 is 22.7 Å². The summed E-state index contributed by atoms with van der Waals surface area (Å²) in [5.41, 5.74) is -0.358. The second-order valence-electron chi connectivity index (χ2n) is 9.43. The van der Waals surface area contributed by atoms with Gasteiger partial charge in [-0.05, 0) is 61.1 Å². The molecule has 0 saturated heterocycles. The number of nitrogens with one attached hydrogen (secondary N) is 1. The van der Waals surface area contributed by atoms with Gasteiger partial charge < -0.3 is 9.72 Å². The van der Waals surface area contributed by atoms with Crippen molar-refractivity contribution in [3.8, 4) is 5.75 Å². The van der Waals surface area contributed by atoms with Gasteiger partial charge in [0.2, 0.25) is 0 Å². The molecular formula is C27H29F3N2O3. The van der Waals surface area contributed by atoms with Gasteiger partial charge in [-0.2, -0.15) is 13.2 Å². The van der Waals surface area contributed by atoms with Crippen molar-refractivity contribution in [3.63, 3.8) is 0 Å². The zero-order valence-electron chi connectivity index (χ0n) is 20.4. The third-order valence-corrected chi connectivity index (χ3v) is 6.31. The van der Waals surface area contributed by atoms with Crippen molar-refractivity contribution in [2.75, 3.05) is 7.11 Å². The first-order chi connectivity index (χ1) is 16.3. The fourth-order valence-electron chi connectivity index (χ4n) is 4.00. The van der Waals surface area contributed by atoms with E-state index in [0.717, 1.165) is 17.7 Å². The Morgan fingerprint density at radius 3 is 2.09 bits per heavy atom. The molecule has 0 aliphatic rings. The van der Waals surface area contributed by atoms with Crippen LogP contribution in [0.2, 0.25) is 0 Å². The Labute approximate surface area is 202 Å². The van der Waals surface area contributed by atoms with Crippen LogP contribution in [-0.4, -0.2) is 22.9 Å². The molecule has 8 heteroatoms. The summed E-state index contributed by atoms with van der Waals surface area (Å²) in [7, 11) is 1.57. The second kappa shape index (κ2) is 10.1. The SMILES string of the molecule is COc1ccc(C(C)(C)c2nc(C(=O)C[C@@H](c3ccc(C(F)(F)F)cc3)C(C)C)cc(=O)[nH]2)cc1. The number of benzene rings is 2. The first-order valence-electron chi connectivity index (χ1n) is 11.3. The van der Waals surface area contributed by atoms with E-state index in [9.17, 15) is 22.8 Å². The normalized spacial score (nSPS) is 13.1. The van der Waals surface area contributed by atoms with Crippen molar-refractivity contribution >= 4 is 5.78 Å². The number of ketones is 1. The zero-order valence-corrected chi connectivity index (χ0v) is 20.4. The molecule has 0 bridgehead atoms. The first kappa shape index (κ1) is 26.2. The molecule has 1 aromatic heterocycles. The average Bonchev–Trinajstić information content (AvgIpc) is 2.81. The molecule has 0 spiro atoms. The van der Waals surface area contributed by atoms with Gasteiger partial charge in [0.15, 0.2) is 5.78 Å². The summed E-state index contributed by atoms with van der Waals surface area (Å²) in [5, 5.41) is 0. The number of ether oxygens (including phenoxy) is 1. The predicted molar refractivity (Wildman–Crippen MR) is 128 cm³/mol. The largest absolute Gasteiger partial charge is 0.497 e. The van der Waals surface area contributed by atoms with Crippen LogP contribution in [0.5, 0.6) is 5.75 Å². The van der Waals surface area contributed by atoms with Crippen LogP contribution in [0.15, 0.2) is 59.4 Å². The van der Waals surface area contributed by atoms with Crippen molar-refractivity contribution in [1.82, 2.24) is 9.97 Å². The maximum Gasteiger partial charge on any atom is 0.416 e. The molecule has 0 saturated carbocycles. The van der Waals surface area contributed by atoms with Gasteiger partial charge in [0.25, 0.3) is 5.56 Å². The molecule has 0 amide bonds. The zero-order chi connectivity index (χ0) is 26.0. The van der Waals surface area contributed by atoms with E-state index in [0.29, 0.717) is 17.1 Å². The van der Waals surface area contributed by atoms with Crippen LogP contribution >= 0.6 is 0 Å². The summed E-state index contributed by atoms with van der Waals surface area (Å²) in [6.07, 6.45) is -4.41. The van der Waals surface area contributed by atoms with E-state index >= 15 is 0 Å². The molecule has 0 aliphatic heterocycles. The minimum Gasteiger partial charge on any atom is -0.497 e. The van der Waals surface area contributed by atoms with E-state index in [1.165, 1.54) is 18.2 Å². The van der Waals surface area contributed by atoms with Crippen LogP contribution in [0.4, 0.5) is 13.2 Å².